The molecule has 1 amide bonds. The summed E-state index contributed by atoms with van der Waals surface area (Å²) in [5, 5.41) is 12.6. The number of hydrogen-bond acceptors (Lipinski definition) is 3. The zero-order valence-corrected chi connectivity index (χ0v) is 9.03. The van der Waals surface area contributed by atoms with E-state index in [1.54, 1.807) is 6.07 Å². The molecule has 0 saturated carbocycles. The molecule has 6 heteroatoms. The summed E-state index contributed by atoms with van der Waals surface area (Å²) in [6.45, 7) is -0.129. The molecule has 1 aliphatic rings. The molecule has 0 aliphatic carbocycles. The lowest BCUT2D eigenvalue weighted by atomic mass is 10.0. The van der Waals surface area contributed by atoms with Gasteiger partial charge in [-0.15, -0.1) is 0 Å². The minimum absolute atomic E-state index is 0.129. The van der Waals surface area contributed by atoms with Crippen LogP contribution >= 0.6 is 0 Å². The molecule has 1 aromatic rings. The zero-order chi connectivity index (χ0) is 12.4. The molecule has 0 spiro atoms. The maximum absolute atomic E-state index is 13.6. The maximum Gasteiger partial charge on any atom is 0.228 e. The van der Waals surface area contributed by atoms with Gasteiger partial charge in [-0.05, 0) is 23.6 Å². The third-order valence-electron chi connectivity index (χ3n) is 2.65. The highest BCUT2D eigenvalue weighted by Crippen LogP contribution is 2.27. The Bertz CT molecular complexity index is 488. The zero-order valence-electron chi connectivity index (χ0n) is 9.03. The van der Waals surface area contributed by atoms with Gasteiger partial charge in [0.05, 0.1) is 12.1 Å². The average molecular weight is 238 g/mol. The van der Waals surface area contributed by atoms with Gasteiger partial charge in [0.25, 0.3) is 0 Å². The summed E-state index contributed by atoms with van der Waals surface area (Å²) < 4.78 is 13.6. The molecule has 0 radical (unpaired) electrons. The minimum Gasteiger partial charge on any atom is -0.323 e. The summed E-state index contributed by atoms with van der Waals surface area (Å²) in [7, 11) is 0. The summed E-state index contributed by atoms with van der Waals surface area (Å²) in [6, 6.07) is 3.06. The summed E-state index contributed by atoms with van der Waals surface area (Å²) in [4.78, 5) is 20.9. The lowest BCUT2D eigenvalue weighted by molar-refractivity contribution is -0.480. The Morgan fingerprint density at radius 1 is 1.47 bits per heavy atom. The Morgan fingerprint density at radius 2 is 2.24 bits per heavy atom. The van der Waals surface area contributed by atoms with Gasteiger partial charge in [0, 0.05) is 11.3 Å². The average Bonchev–Trinajstić information content (AvgIpc) is 2.58. The Hall–Kier alpha value is -1.98. The van der Waals surface area contributed by atoms with E-state index in [1.807, 2.05) is 0 Å². The van der Waals surface area contributed by atoms with E-state index >= 15 is 0 Å². The van der Waals surface area contributed by atoms with Crippen LogP contribution in [0.2, 0.25) is 0 Å². The van der Waals surface area contributed by atoms with Crippen LogP contribution < -0.4 is 5.32 Å². The van der Waals surface area contributed by atoms with E-state index in [9.17, 15) is 19.3 Å². The third-order valence-corrected chi connectivity index (χ3v) is 2.65. The van der Waals surface area contributed by atoms with Crippen molar-refractivity contribution in [3.05, 3.63) is 39.2 Å². The molecular formula is C11H11FN2O3. The maximum atomic E-state index is 13.6. The van der Waals surface area contributed by atoms with Crippen molar-refractivity contribution in [2.45, 2.75) is 19.3 Å². The lowest BCUT2D eigenvalue weighted by Gasteiger charge is -2.04. The molecule has 0 bridgehead atoms. The molecule has 1 N–H and O–H groups in total. The van der Waals surface area contributed by atoms with Crippen molar-refractivity contribution in [1.29, 1.82) is 0 Å². The molecular weight excluding hydrogens is 227 g/mol. The van der Waals surface area contributed by atoms with Gasteiger partial charge in [0.1, 0.15) is 5.82 Å². The molecule has 1 aromatic carbocycles. The van der Waals surface area contributed by atoms with Gasteiger partial charge in [-0.2, -0.15) is 0 Å². The molecule has 1 aliphatic heterocycles. The largest absolute Gasteiger partial charge is 0.323 e. The smallest absolute Gasteiger partial charge is 0.228 e. The van der Waals surface area contributed by atoms with Crippen LogP contribution in [0.1, 0.15) is 17.5 Å². The first-order chi connectivity index (χ1) is 8.06. The second kappa shape index (κ2) is 4.48. The van der Waals surface area contributed by atoms with Gasteiger partial charge in [-0.3, -0.25) is 14.9 Å². The number of nitrogens with zero attached hydrogens (tertiary/aromatic N) is 1. The molecule has 2 rings (SSSR count). The van der Waals surface area contributed by atoms with E-state index in [2.05, 4.69) is 5.32 Å². The summed E-state index contributed by atoms with van der Waals surface area (Å²) in [6.07, 6.45) is 0.987. The van der Waals surface area contributed by atoms with Crippen molar-refractivity contribution in [3.8, 4) is 0 Å². The number of nitro groups is 1. The fourth-order valence-electron chi connectivity index (χ4n) is 1.92. The molecule has 1 heterocycles. The summed E-state index contributed by atoms with van der Waals surface area (Å²) in [5.74, 6) is -0.689. The highest BCUT2D eigenvalue weighted by Gasteiger charge is 2.21. The van der Waals surface area contributed by atoms with Gasteiger partial charge < -0.3 is 5.32 Å². The van der Waals surface area contributed by atoms with Gasteiger partial charge in [0.2, 0.25) is 12.5 Å². The fraction of sp³-hybridized carbons (Fsp3) is 0.364. The number of benzene rings is 1. The summed E-state index contributed by atoms with van der Waals surface area (Å²) >= 11 is 0. The number of halogens is 1. The topological polar surface area (TPSA) is 72.2 Å². The van der Waals surface area contributed by atoms with Crippen LogP contribution in [0.5, 0.6) is 0 Å². The van der Waals surface area contributed by atoms with Crippen molar-refractivity contribution in [1.82, 2.24) is 0 Å². The number of aryl methyl sites for hydroxylation is 1. The van der Waals surface area contributed by atoms with E-state index in [1.165, 1.54) is 6.07 Å². The molecule has 90 valence electrons. The van der Waals surface area contributed by atoms with Gasteiger partial charge in [0.15, 0.2) is 0 Å². The molecule has 0 saturated heterocycles. The van der Waals surface area contributed by atoms with Gasteiger partial charge in [-0.1, -0.05) is 6.07 Å². The van der Waals surface area contributed by atoms with Crippen LogP contribution in [0.25, 0.3) is 0 Å². The Kier molecular flexibility index (Phi) is 3.03. The number of carbonyl (C=O) groups is 1. The van der Waals surface area contributed by atoms with E-state index < -0.39 is 10.7 Å². The second-order valence-electron chi connectivity index (χ2n) is 4.00. The first kappa shape index (κ1) is 11.5. The predicted octanol–water partition coefficient (Wildman–Crippen LogP) is 1.53. The molecule has 0 atom stereocenters. The number of hydrogen-bond donors (Lipinski definition) is 1. The monoisotopic (exact) mass is 238 g/mol. The van der Waals surface area contributed by atoms with Crippen molar-refractivity contribution in [2.24, 2.45) is 0 Å². The second-order valence-corrected chi connectivity index (χ2v) is 4.00. The molecule has 17 heavy (non-hydrogen) atoms. The van der Waals surface area contributed by atoms with Crippen LogP contribution in [-0.4, -0.2) is 17.4 Å². The minimum atomic E-state index is -0.468. The Morgan fingerprint density at radius 3 is 2.94 bits per heavy atom. The first-order valence-corrected chi connectivity index (χ1v) is 5.29. The highest BCUT2D eigenvalue weighted by atomic mass is 19.1. The van der Waals surface area contributed by atoms with Crippen LogP contribution in [0, 0.1) is 15.9 Å². The first-order valence-electron chi connectivity index (χ1n) is 5.29. The van der Waals surface area contributed by atoms with Crippen LogP contribution in [0.15, 0.2) is 12.1 Å². The number of amides is 1. The van der Waals surface area contributed by atoms with E-state index in [0.29, 0.717) is 24.0 Å². The number of anilines is 1. The van der Waals surface area contributed by atoms with Crippen LogP contribution in [0.4, 0.5) is 10.1 Å². The van der Waals surface area contributed by atoms with E-state index in [-0.39, 0.29) is 24.6 Å². The molecule has 0 unspecified atom stereocenters. The number of fused-ring (bicyclic) bond motifs is 1. The highest BCUT2D eigenvalue weighted by molar-refractivity contribution is 5.99. The SMILES string of the molecule is O=C1Cc2cc(CCC[N+](=O)[O-])cc(F)c2N1. The van der Waals surface area contributed by atoms with Gasteiger partial charge in [-0.25, -0.2) is 4.39 Å². The quantitative estimate of drug-likeness (QED) is 0.638. The lowest BCUT2D eigenvalue weighted by Crippen LogP contribution is -2.04. The molecule has 0 fully saturated rings. The van der Waals surface area contributed by atoms with Crippen LogP contribution in [-0.2, 0) is 17.6 Å². The predicted molar refractivity (Wildman–Crippen MR) is 58.9 cm³/mol. The van der Waals surface area contributed by atoms with Crippen LogP contribution in [0.3, 0.4) is 0 Å². The van der Waals surface area contributed by atoms with E-state index in [0.717, 1.165) is 0 Å². The van der Waals surface area contributed by atoms with Crippen molar-refractivity contribution < 1.29 is 14.1 Å². The fourth-order valence-corrected chi connectivity index (χ4v) is 1.92. The Labute approximate surface area is 96.8 Å². The number of carbonyl (C=O) groups excluding carboxylic acids is 1. The van der Waals surface area contributed by atoms with Gasteiger partial charge >= 0.3 is 0 Å². The third kappa shape index (κ3) is 2.58. The number of rotatable bonds is 4. The standard InChI is InChI=1S/C11H11FN2O3/c12-9-5-7(2-1-3-14(16)17)4-8-6-10(15)13-11(8)9/h4-5H,1-3,6H2,(H,13,15). The normalized spacial score (nSPS) is 13.4. The van der Waals surface area contributed by atoms with E-state index in [4.69, 9.17) is 0 Å². The van der Waals surface area contributed by atoms with Crippen molar-refractivity contribution >= 4 is 11.6 Å². The Balaban J connectivity index is 2.10. The van der Waals surface area contributed by atoms with Crippen molar-refractivity contribution in [3.63, 3.8) is 0 Å². The molecule has 5 nitrogen and oxygen atoms in total. The van der Waals surface area contributed by atoms with Crippen molar-refractivity contribution in [2.75, 3.05) is 11.9 Å². The number of nitrogens with one attached hydrogen (secondary N) is 1. The summed E-state index contributed by atoms with van der Waals surface area (Å²) in [5.41, 5.74) is 1.57. The molecule has 0 aromatic heterocycles.